The van der Waals surface area contributed by atoms with Crippen molar-refractivity contribution in [3.05, 3.63) is 40.4 Å². The van der Waals surface area contributed by atoms with E-state index in [2.05, 4.69) is 15.3 Å². The van der Waals surface area contributed by atoms with Crippen LogP contribution in [0.1, 0.15) is 0 Å². The molecule has 2 rings (SSSR count). The van der Waals surface area contributed by atoms with Crippen molar-refractivity contribution >= 4 is 40.7 Å². The highest BCUT2D eigenvalue weighted by molar-refractivity contribution is 7.99. The number of thioether (sulfide) groups is 1. The fourth-order valence-electron chi connectivity index (χ4n) is 1.55. The van der Waals surface area contributed by atoms with E-state index in [0.29, 0.717) is 5.69 Å². The molecule has 1 aromatic carbocycles. The van der Waals surface area contributed by atoms with Crippen LogP contribution in [0.2, 0.25) is 0 Å². The van der Waals surface area contributed by atoms with Crippen LogP contribution in [-0.4, -0.2) is 26.6 Å². The number of benzene rings is 1. The number of carbonyl (C=O) groups excluding carboxylic acids is 1. The predicted octanol–water partition coefficient (Wildman–Crippen LogP) is 1.28. The molecule has 0 saturated carbocycles. The third-order valence-electron chi connectivity index (χ3n) is 2.42. The quantitative estimate of drug-likeness (QED) is 0.322. The molecule has 0 aliphatic heterocycles. The van der Waals surface area contributed by atoms with Crippen molar-refractivity contribution in [3.63, 3.8) is 0 Å². The average Bonchev–Trinajstić information content (AvgIpc) is 2.44. The van der Waals surface area contributed by atoms with Crippen LogP contribution in [0.4, 0.5) is 23.0 Å². The van der Waals surface area contributed by atoms with Crippen LogP contribution in [0.15, 0.2) is 35.5 Å². The van der Waals surface area contributed by atoms with Crippen LogP contribution in [-0.2, 0) is 4.79 Å². The average molecular weight is 320 g/mol. The zero-order valence-corrected chi connectivity index (χ0v) is 12.0. The number of nitro benzene ring substituents is 1. The van der Waals surface area contributed by atoms with E-state index in [1.54, 1.807) is 6.07 Å². The maximum absolute atomic E-state index is 11.8. The molecule has 22 heavy (non-hydrogen) atoms. The maximum atomic E-state index is 11.8. The van der Waals surface area contributed by atoms with Gasteiger partial charge in [-0.1, -0.05) is 17.8 Å². The lowest BCUT2D eigenvalue weighted by atomic mass is 10.3. The van der Waals surface area contributed by atoms with Crippen molar-refractivity contribution in [2.45, 2.75) is 5.16 Å². The molecule has 0 unspecified atom stereocenters. The highest BCUT2D eigenvalue weighted by atomic mass is 32.2. The van der Waals surface area contributed by atoms with Gasteiger partial charge in [0.05, 0.1) is 10.7 Å². The van der Waals surface area contributed by atoms with Gasteiger partial charge < -0.3 is 16.8 Å². The fourth-order valence-corrected chi connectivity index (χ4v) is 2.22. The summed E-state index contributed by atoms with van der Waals surface area (Å²) < 4.78 is 0. The second-order valence-corrected chi connectivity index (χ2v) is 5.09. The largest absolute Gasteiger partial charge is 0.383 e. The van der Waals surface area contributed by atoms with Gasteiger partial charge in [0, 0.05) is 23.9 Å². The van der Waals surface area contributed by atoms with E-state index in [9.17, 15) is 14.9 Å². The Bertz CT molecular complexity index is 704. The van der Waals surface area contributed by atoms with Gasteiger partial charge in [0.25, 0.3) is 5.69 Å². The third-order valence-corrected chi connectivity index (χ3v) is 3.27. The normalized spacial score (nSPS) is 10.2. The Morgan fingerprint density at radius 2 is 1.95 bits per heavy atom. The summed E-state index contributed by atoms with van der Waals surface area (Å²) in [4.78, 5) is 29.8. The first-order chi connectivity index (χ1) is 10.4. The first-order valence-corrected chi connectivity index (χ1v) is 7.00. The van der Waals surface area contributed by atoms with Crippen LogP contribution in [0.5, 0.6) is 0 Å². The summed E-state index contributed by atoms with van der Waals surface area (Å²) in [5.41, 5.74) is 11.3. The van der Waals surface area contributed by atoms with Crippen molar-refractivity contribution in [1.29, 1.82) is 0 Å². The number of non-ortho nitro benzene ring substituents is 1. The van der Waals surface area contributed by atoms with E-state index in [0.717, 1.165) is 11.8 Å². The van der Waals surface area contributed by atoms with Crippen LogP contribution in [0.25, 0.3) is 0 Å². The Morgan fingerprint density at radius 3 is 2.59 bits per heavy atom. The van der Waals surface area contributed by atoms with Crippen molar-refractivity contribution in [2.24, 2.45) is 0 Å². The van der Waals surface area contributed by atoms with Gasteiger partial charge in [0.15, 0.2) is 5.16 Å². The SMILES string of the molecule is Nc1cc(N)nc(SCC(=O)Nc2cccc([N+](=O)[O-])c2)n1. The van der Waals surface area contributed by atoms with Gasteiger partial charge in [-0.3, -0.25) is 14.9 Å². The summed E-state index contributed by atoms with van der Waals surface area (Å²) in [6.07, 6.45) is 0. The molecule has 1 amide bonds. The summed E-state index contributed by atoms with van der Waals surface area (Å²) >= 11 is 1.06. The maximum Gasteiger partial charge on any atom is 0.271 e. The molecule has 1 aromatic heterocycles. The molecular formula is C12H12N6O3S. The number of nitrogen functional groups attached to an aromatic ring is 2. The van der Waals surface area contributed by atoms with Gasteiger partial charge in [-0.25, -0.2) is 9.97 Å². The Balaban J connectivity index is 1.95. The number of aromatic nitrogens is 2. The second kappa shape index (κ2) is 6.72. The molecule has 9 nitrogen and oxygen atoms in total. The minimum Gasteiger partial charge on any atom is -0.383 e. The molecule has 0 saturated heterocycles. The molecule has 0 fully saturated rings. The number of carbonyl (C=O) groups is 1. The van der Waals surface area contributed by atoms with Gasteiger partial charge in [-0.15, -0.1) is 0 Å². The van der Waals surface area contributed by atoms with E-state index in [4.69, 9.17) is 11.5 Å². The van der Waals surface area contributed by atoms with Gasteiger partial charge in [-0.05, 0) is 6.07 Å². The number of hydrogen-bond donors (Lipinski definition) is 3. The standard InChI is InChI=1S/C12H12N6O3S/c13-9-5-10(14)17-12(16-9)22-6-11(19)15-7-2-1-3-8(4-7)18(20)21/h1-5H,6H2,(H,15,19)(H4,13,14,16,17). The predicted molar refractivity (Wildman–Crippen MR) is 83.3 cm³/mol. The van der Waals surface area contributed by atoms with E-state index in [1.165, 1.54) is 24.3 Å². The zero-order valence-electron chi connectivity index (χ0n) is 11.2. The number of anilines is 3. The summed E-state index contributed by atoms with van der Waals surface area (Å²) in [6.45, 7) is 0. The van der Waals surface area contributed by atoms with Crippen LogP contribution in [0.3, 0.4) is 0 Å². The first-order valence-electron chi connectivity index (χ1n) is 6.01. The van der Waals surface area contributed by atoms with Crippen molar-refractivity contribution in [2.75, 3.05) is 22.5 Å². The number of amides is 1. The zero-order chi connectivity index (χ0) is 16.1. The number of nitrogens with two attached hydrogens (primary N) is 2. The van der Waals surface area contributed by atoms with E-state index in [1.807, 2.05) is 0 Å². The molecule has 5 N–H and O–H groups in total. The topological polar surface area (TPSA) is 150 Å². The first kappa shape index (κ1) is 15.5. The van der Waals surface area contributed by atoms with Crippen molar-refractivity contribution < 1.29 is 9.72 Å². The van der Waals surface area contributed by atoms with E-state index in [-0.39, 0.29) is 34.1 Å². The van der Waals surface area contributed by atoms with Crippen LogP contribution < -0.4 is 16.8 Å². The molecule has 0 bridgehead atoms. The number of nitro groups is 1. The molecule has 0 aliphatic carbocycles. The lowest BCUT2D eigenvalue weighted by Gasteiger charge is -2.05. The minimum absolute atomic E-state index is 0.0194. The number of hydrogen-bond acceptors (Lipinski definition) is 8. The molecular weight excluding hydrogens is 308 g/mol. The molecule has 114 valence electrons. The van der Waals surface area contributed by atoms with Crippen molar-refractivity contribution in [3.8, 4) is 0 Å². The molecule has 1 heterocycles. The smallest absolute Gasteiger partial charge is 0.271 e. The summed E-state index contributed by atoms with van der Waals surface area (Å²) in [6, 6.07) is 7.08. The summed E-state index contributed by atoms with van der Waals surface area (Å²) in [5.74, 6) is 0.101. The van der Waals surface area contributed by atoms with Crippen molar-refractivity contribution in [1.82, 2.24) is 9.97 Å². The van der Waals surface area contributed by atoms with Gasteiger partial charge in [-0.2, -0.15) is 0 Å². The monoisotopic (exact) mass is 320 g/mol. The summed E-state index contributed by atoms with van der Waals surface area (Å²) in [5, 5.41) is 13.5. The van der Waals surface area contributed by atoms with Gasteiger partial charge >= 0.3 is 0 Å². The number of nitrogens with one attached hydrogen (secondary N) is 1. The minimum atomic E-state index is -0.534. The molecule has 2 aromatic rings. The third kappa shape index (κ3) is 4.31. The number of nitrogens with zero attached hydrogens (tertiary/aromatic N) is 3. The van der Waals surface area contributed by atoms with Gasteiger partial charge in [0.2, 0.25) is 5.91 Å². The highest BCUT2D eigenvalue weighted by Gasteiger charge is 2.10. The Morgan fingerprint density at radius 1 is 1.27 bits per heavy atom. The van der Waals surface area contributed by atoms with E-state index < -0.39 is 4.92 Å². The van der Waals surface area contributed by atoms with Crippen LogP contribution in [0, 0.1) is 10.1 Å². The van der Waals surface area contributed by atoms with Gasteiger partial charge in [0.1, 0.15) is 11.6 Å². The number of rotatable bonds is 5. The molecule has 0 radical (unpaired) electrons. The Labute approximate surface area is 129 Å². The van der Waals surface area contributed by atoms with Crippen LogP contribution >= 0.6 is 11.8 Å². The molecule has 0 atom stereocenters. The van der Waals surface area contributed by atoms with E-state index >= 15 is 0 Å². The lowest BCUT2D eigenvalue weighted by Crippen LogP contribution is -2.14. The fraction of sp³-hybridized carbons (Fsp3) is 0.0833. The molecule has 0 aliphatic rings. The molecule has 0 spiro atoms. The highest BCUT2D eigenvalue weighted by Crippen LogP contribution is 2.19. The molecule has 10 heteroatoms. The lowest BCUT2D eigenvalue weighted by molar-refractivity contribution is -0.384. The summed E-state index contributed by atoms with van der Waals surface area (Å²) in [7, 11) is 0. The Kier molecular flexibility index (Phi) is 4.73. The second-order valence-electron chi connectivity index (χ2n) is 4.14. The Hall–Kier alpha value is -2.88.